The van der Waals surface area contributed by atoms with Crippen molar-refractivity contribution in [2.75, 3.05) is 32.8 Å². The average molecular weight is 339 g/mol. The third-order valence-electron chi connectivity index (χ3n) is 4.20. The minimum absolute atomic E-state index is 0.0239. The summed E-state index contributed by atoms with van der Waals surface area (Å²) in [5.74, 6) is 0.523. The van der Waals surface area contributed by atoms with Crippen molar-refractivity contribution in [2.45, 2.75) is 6.92 Å². The molecule has 3 rings (SSSR count). The first kappa shape index (κ1) is 17.0. The number of carbonyl (C=O) groups is 2. The van der Waals surface area contributed by atoms with E-state index in [0.717, 1.165) is 0 Å². The molecule has 2 aromatic rings. The Morgan fingerprint density at radius 3 is 2.20 bits per heavy atom. The maximum Gasteiger partial charge on any atom is 0.257 e. The number of ether oxygens (including phenoxy) is 1. The van der Waals surface area contributed by atoms with Crippen molar-refractivity contribution in [3.05, 3.63) is 59.9 Å². The Morgan fingerprint density at radius 1 is 0.960 bits per heavy atom. The summed E-state index contributed by atoms with van der Waals surface area (Å²) in [6.07, 6.45) is 3.22. The van der Waals surface area contributed by atoms with Gasteiger partial charge in [0.25, 0.3) is 11.8 Å². The number of piperazine rings is 1. The minimum Gasteiger partial charge on any atom is -0.493 e. The molecule has 130 valence electrons. The van der Waals surface area contributed by atoms with Crippen LogP contribution in [0.2, 0.25) is 0 Å². The molecular weight excluding hydrogens is 318 g/mol. The molecule has 0 radical (unpaired) electrons. The fourth-order valence-corrected chi connectivity index (χ4v) is 2.88. The van der Waals surface area contributed by atoms with E-state index in [4.69, 9.17) is 4.74 Å². The van der Waals surface area contributed by atoms with E-state index in [9.17, 15) is 9.59 Å². The predicted molar refractivity (Wildman–Crippen MR) is 93.7 cm³/mol. The fraction of sp³-hybridized carbons (Fsp3) is 0.316. The number of carbonyl (C=O) groups excluding carboxylic acids is 2. The summed E-state index contributed by atoms with van der Waals surface area (Å²) in [5, 5.41) is 0. The zero-order chi connectivity index (χ0) is 17.6. The molecule has 1 aromatic heterocycles. The van der Waals surface area contributed by atoms with Crippen LogP contribution in [0.25, 0.3) is 0 Å². The van der Waals surface area contributed by atoms with Crippen molar-refractivity contribution in [3.63, 3.8) is 0 Å². The van der Waals surface area contributed by atoms with E-state index in [2.05, 4.69) is 4.98 Å². The van der Waals surface area contributed by atoms with Crippen molar-refractivity contribution in [1.29, 1.82) is 0 Å². The maximum absolute atomic E-state index is 12.8. The van der Waals surface area contributed by atoms with E-state index in [-0.39, 0.29) is 11.8 Å². The van der Waals surface area contributed by atoms with E-state index >= 15 is 0 Å². The van der Waals surface area contributed by atoms with Gasteiger partial charge in [-0.1, -0.05) is 12.1 Å². The number of pyridine rings is 1. The molecule has 25 heavy (non-hydrogen) atoms. The monoisotopic (exact) mass is 339 g/mol. The van der Waals surface area contributed by atoms with E-state index in [0.29, 0.717) is 49.7 Å². The Hall–Kier alpha value is -2.89. The number of para-hydroxylation sites is 1. The number of hydrogen-bond donors (Lipinski definition) is 0. The summed E-state index contributed by atoms with van der Waals surface area (Å²) < 4.78 is 5.55. The number of aromatic nitrogens is 1. The van der Waals surface area contributed by atoms with Crippen LogP contribution >= 0.6 is 0 Å². The summed E-state index contributed by atoms with van der Waals surface area (Å²) in [5.41, 5.74) is 1.19. The third kappa shape index (κ3) is 3.79. The van der Waals surface area contributed by atoms with Crippen molar-refractivity contribution in [1.82, 2.24) is 14.8 Å². The first-order valence-electron chi connectivity index (χ1n) is 8.41. The molecule has 0 atom stereocenters. The van der Waals surface area contributed by atoms with E-state index < -0.39 is 0 Å². The molecule has 0 saturated carbocycles. The molecule has 0 spiro atoms. The Kier molecular flexibility index (Phi) is 5.28. The minimum atomic E-state index is -0.0555. The first-order chi connectivity index (χ1) is 12.2. The summed E-state index contributed by atoms with van der Waals surface area (Å²) in [6, 6.07) is 10.7. The number of nitrogens with zero attached hydrogens (tertiary/aromatic N) is 3. The second kappa shape index (κ2) is 7.79. The van der Waals surface area contributed by atoms with Gasteiger partial charge in [-0.2, -0.15) is 0 Å². The summed E-state index contributed by atoms with van der Waals surface area (Å²) in [4.78, 5) is 32.7. The molecule has 1 aliphatic rings. The van der Waals surface area contributed by atoms with Crippen LogP contribution in [0, 0.1) is 0 Å². The molecule has 2 amide bonds. The van der Waals surface area contributed by atoms with Crippen molar-refractivity contribution in [3.8, 4) is 5.75 Å². The fourth-order valence-electron chi connectivity index (χ4n) is 2.88. The predicted octanol–water partition coefficient (Wildman–Crippen LogP) is 2.08. The Bertz CT molecular complexity index is 741. The van der Waals surface area contributed by atoms with Gasteiger partial charge in [0.15, 0.2) is 0 Å². The smallest absolute Gasteiger partial charge is 0.257 e. The Balaban J connectivity index is 1.64. The van der Waals surface area contributed by atoms with Crippen LogP contribution in [0.1, 0.15) is 27.6 Å². The second-order valence-corrected chi connectivity index (χ2v) is 5.75. The lowest BCUT2D eigenvalue weighted by molar-refractivity contribution is 0.0533. The molecule has 0 unspecified atom stereocenters. The molecular formula is C19H21N3O3. The molecule has 0 N–H and O–H groups in total. The van der Waals surface area contributed by atoms with Gasteiger partial charge < -0.3 is 14.5 Å². The maximum atomic E-state index is 12.8. The zero-order valence-corrected chi connectivity index (χ0v) is 14.2. The van der Waals surface area contributed by atoms with Gasteiger partial charge in [-0.25, -0.2) is 0 Å². The highest BCUT2D eigenvalue weighted by molar-refractivity contribution is 5.97. The standard InChI is InChI=1S/C19H21N3O3/c1-2-25-17-6-4-3-5-16(17)19(24)22-13-11-21(12-14-22)18(23)15-7-9-20-10-8-15/h3-10H,2,11-14H2,1H3. The van der Waals surface area contributed by atoms with E-state index in [1.54, 1.807) is 46.5 Å². The Morgan fingerprint density at radius 2 is 1.56 bits per heavy atom. The molecule has 1 aliphatic heterocycles. The van der Waals surface area contributed by atoms with Crippen LogP contribution in [-0.4, -0.2) is 59.4 Å². The summed E-state index contributed by atoms with van der Waals surface area (Å²) in [6.45, 7) is 4.46. The van der Waals surface area contributed by atoms with Crippen LogP contribution in [-0.2, 0) is 0 Å². The van der Waals surface area contributed by atoms with Crippen LogP contribution < -0.4 is 4.74 Å². The van der Waals surface area contributed by atoms with Gasteiger partial charge in [0.2, 0.25) is 0 Å². The SMILES string of the molecule is CCOc1ccccc1C(=O)N1CCN(C(=O)c2ccncc2)CC1. The van der Waals surface area contributed by atoms with Crippen LogP contribution in [0.4, 0.5) is 0 Å². The van der Waals surface area contributed by atoms with Crippen molar-refractivity contribution >= 4 is 11.8 Å². The molecule has 1 saturated heterocycles. The normalized spacial score (nSPS) is 14.3. The highest BCUT2D eigenvalue weighted by Gasteiger charge is 2.26. The molecule has 2 heterocycles. The summed E-state index contributed by atoms with van der Waals surface area (Å²) >= 11 is 0. The van der Waals surface area contributed by atoms with E-state index in [1.807, 2.05) is 19.1 Å². The molecule has 6 nitrogen and oxygen atoms in total. The average Bonchev–Trinajstić information content (AvgIpc) is 2.68. The largest absolute Gasteiger partial charge is 0.493 e. The third-order valence-corrected chi connectivity index (χ3v) is 4.20. The topological polar surface area (TPSA) is 62.7 Å². The number of hydrogen-bond acceptors (Lipinski definition) is 4. The van der Waals surface area contributed by atoms with Gasteiger partial charge in [-0.3, -0.25) is 14.6 Å². The second-order valence-electron chi connectivity index (χ2n) is 5.75. The van der Waals surface area contributed by atoms with Gasteiger partial charge >= 0.3 is 0 Å². The van der Waals surface area contributed by atoms with Gasteiger partial charge in [-0.05, 0) is 31.2 Å². The van der Waals surface area contributed by atoms with Crippen molar-refractivity contribution in [2.24, 2.45) is 0 Å². The lowest BCUT2D eigenvalue weighted by Gasteiger charge is -2.35. The molecule has 1 aromatic carbocycles. The number of benzene rings is 1. The van der Waals surface area contributed by atoms with Gasteiger partial charge in [-0.15, -0.1) is 0 Å². The number of rotatable bonds is 4. The van der Waals surface area contributed by atoms with Crippen molar-refractivity contribution < 1.29 is 14.3 Å². The Labute approximate surface area is 147 Å². The van der Waals surface area contributed by atoms with Crippen LogP contribution in [0.3, 0.4) is 0 Å². The highest BCUT2D eigenvalue weighted by Crippen LogP contribution is 2.21. The van der Waals surface area contributed by atoms with Crippen LogP contribution in [0.15, 0.2) is 48.8 Å². The lowest BCUT2D eigenvalue weighted by Crippen LogP contribution is -2.50. The molecule has 0 bridgehead atoms. The molecule has 1 fully saturated rings. The van der Waals surface area contributed by atoms with Gasteiger partial charge in [0.1, 0.15) is 5.75 Å². The van der Waals surface area contributed by atoms with E-state index in [1.165, 1.54) is 0 Å². The quantitative estimate of drug-likeness (QED) is 0.856. The lowest BCUT2D eigenvalue weighted by atomic mass is 10.1. The molecule has 0 aliphatic carbocycles. The van der Waals surface area contributed by atoms with Crippen LogP contribution in [0.5, 0.6) is 5.75 Å². The highest BCUT2D eigenvalue weighted by atomic mass is 16.5. The summed E-state index contributed by atoms with van der Waals surface area (Å²) in [7, 11) is 0. The molecule has 6 heteroatoms. The number of amides is 2. The first-order valence-corrected chi connectivity index (χ1v) is 8.41. The van der Waals surface area contributed by atoms with Gasteiger partial charge in [0.05, 0.1) is 12.2 Å². The van der Waals surface area contributed by atoms with Gasteiger partial charge in [0, 0.05) is 44.1 Å². The zero-order valence-electron chi connectivity index (χ0n) is 14.2.